The number of hydrogen-bond donors (Lipinski definition) is 4. The number of aromatic nitrogens is 6. The molecule has 1 aliphatic rings. The second kappa shape index (κ2) is 10.4. The van der Waals surface area contributed by atoms with Gasteiger partial charge in [0, 0.05) is 39.4 Å². The average Bonchev–Trinajstić information content (AvgIpc) is 3.74. The number of nitrogens with one attached hydrogen (secondary N) is 4. The summed E-state index contributed by atoms with van der Waals surface area (Å²) in [7, 11) is 0. The minimum absolute atomic E-state index is 0.0313. The van der Waals surface area contributed by atoms with E-state index >= 15 is 0 Å². The quantitative estimate of drug-likeness (QED) is 0.172. The monoisotopic (exact) mass is 570 g/mol. The number of ketones is 1. The fourth-order valence-electron chi connectivity index (χ4n) is 4.71. The Morgan fingerprint density at radius 1 is 0.976 bits per heavy atom. The largest absolute Gasteiger partial charge is 0.346 e. The van der Waals surface area contributed by atoms with Crippen molar-refractivity contribution in [3.8, 4) is 22.8 Å². The van der Waals surface area contributed by atoms with Crippen LogP contribution < -0.4 is 10.6 Å². The first kappa shape index (κ1) is 25.3. The molecule has 5 aromatic heterocycles. The Balaban J connectivity index is 1.22. The van der Waals surface area contributed by atoms with Gasteiger partial charge in [-0.2, -0.15) is 5.10 Å². The molecule has 0 saturated heterocycles. The Morgan fingerprint density at radius 3 is 2.69 bits per heavy atom. The summed E-state index contributed by atoms with van der Waals surface area (Å²) < 4.78 is 0. The normalized spacial score (nSPS) is 12.4. The number of thiophene rings is 1. The summed E-state index contributed by atoms with van der Waals surface area (Å²) >= 11 is 1.44. The number of pyridine rings is 2. The van der Waals surface area contributed by atoms with Gasteiger partial charge in [-0.1, -0.05) is 18.2 Å². The summed E-state index contributed by atoms with van der Waals surface area (Å²) in [6.45, 7) is 1.56. The van der Waals surface area contributed by atoms with Gasteiger partial charge >= 0.3 is 0 Å². The van der Waals surface area contributed by atoms with E-state index in [9.17, 15) is 9.59 Å². The van der Waals surface area contributed by atoms with Gasteiger partial charge in [0.2, 0.25) is 0 Å². The number of carbonyl (C=O) groups is 2. The molecule has 0 aliphatic carbocycles. The fraction of sp³-hybridized carbons (Fsp3) is 0.0323. The fourth-order valence-corrected chi connectivity index (χ4v) is 5.63. The number of anilines is 2. The number of carbonyl (C=O) groups excluding carboxylic acids is 2. The molecule has 1 aromatic carbocycles. The lowest BCUT2D eigenvalue weighted by molar-refractivity contribution is 0.101. The van der Waals surface area contributed by atoms with E-state index in [0.717, 1.165) is 38.4 Å². The Morgan fingerprint density at radius 2 is 1.86 bits per heavy atom. The van der Waals surface area contributed by atoms with Gasteiger partial charge in [0.1, 0.15) is 17.2 Å². The number of fused-ring (bicyclic) bond motifs is 2. The third-order valence-electron chi connectivity index (χ3n) is 6.76. The molecule has 0 radical (unpaired) electrons. The van der Waals surface area contributed by atoms with Crippen LogP contribution in [0.5, 0.6) is 0 Å². The van der Waals surface area contributed by atoms with Gasteiger partial charge < -0.3 is 15.6 Å². The van der Waals surface area contributed by atoms with E-state index in [1.165, 1.54) is 11.3 Å². The number of hydrogen-bond acceptors (Lipinski definition) is 8. The van der Waals surface area contributed by atoms with Crippen LogP contribution in [0.4, 0.5) is 11.5 Å². The van der Waals surface area contributed by atoms with Crippen molar-refractivity contribution in [1.29, 1.82) is 0 Å². The zero-order valence-corrected chi connectivity index (χ0v) is 23.0. The highest BCUT2D eigenvalue weighted by molar-refractivity contribution is 7.15. The summed E-state index contributed by atoms with van der Waals surface area (Å²) in [4.78, 5) is 43.4. The summed E-state index contributed by atoms with van der Waals surface area (Å²) in [6, 6.07) is 16.5. The second-order valence-corrected chi connectivity index (χ2v) is 10.7. The highest BCUT2D eigenvalue weighted by Crippen LogP contribution is 2.37. The molecule has 42 heavy (non-hydrogen) atoms. The SMILES string of the molecule is CC(=O)c1ccc(C2=CC=CNc3[nH]c(-c4n[nH]c5cnc(-c6cncc(NC(=O)c7ccccc7)c6)cc45)nc32)s1. The third-order valence-corrected chi connectivity index (χ3v) is 7.98. The van der Waals surface area contributed by atoms with Crippen LogP contribution >= 0.6 is 11.3 Å². The van der Waals surface area contributed by atoms with Crippen LogP contribution in [0.25, 0.3) is 39.3 Å². The van der Waals surface area contributed by atoms with Gasteiger partial charge in [-0.15, -0.1) is 11.3 Å². The molecule has 6 aromatic rings. The highest BCUT2D eigenvalue weighted by atomic mass is 32.1. The predicted octanol–water partition coefficient (Wildman–Crippen LogP) is 6.30. The molecule has 11 heteroatoms. The van der Waals surface area contributed by atoms with Gasteiger partial charge in [0.05, 0.1) is 34.2 Å². The molecule has 1 amide bonds. The lowest BCUT2D eigenvalue weighted by atomic mass is 10.1. The molecule has 6 heterocycles. The van der Waals surface area contributed by atoms with Gasteiger partial charge in [0.25, 0.3) is 5.91 Å². The van der Waals surface area contributed by atoms with Crippen LogP contribution in [0.15, 0.2) is 91.5 Å². The van der Waals surface area contributed by atoms with Gasteiger partial charge in [-0.25, -0.2) is 4.98 Å². The molecule has 10 nitrogen and oxygen atoms in total. The lowest BCUT2D eigenvalue weighted by Crippen LogP contribution is -2.11. The zero-order chi connectivity index (χ0) is 28.6. The molecular formula is C31H22N8O2S. The van der Waals surface area contributed by atoms with E-state index in [1.54, 1.807) is 37.6 Å². The minimum atomic E-state index is -0.218. The topological polar surface area (TPSA) is 141 Å². The van der Waals surface area contributed by atoms with E-state index in [4.69, 9.17) is 4.98 Å². The maximum absolute atomic E-state index is 12.6. The highest BCUT2D eigenvalue weighted by Gasteiger charge is 2.22. The van der Waals surface area contributed by atoms with E-state index in [0.29, 0.717) is 33.3 Å². The number of nitrogens with zero attached hydrogens (tertiary/aromatic N) is 4. The van der Waals surface area contributed by atoms with E-state index in [1.807, 2.05) is 60.8 Å². The van der Waals surface area contributed by atoms with Crippen LogP contribution in [0.2, 0.25) is 0 Å². The summed E-state index contributed by atoms with van der Waals surface area (Å²) in [5.41, 5.74) is 5.52. The first-order chi connectivity index (χ1) is 20.5. The number of rotatable bonds is 6. The number of allylic oxidation sites excluding steroid dienone is 2. The number of benzene rings is 1. The lowest BCUT2D eigenvalue weighted by Gasteiger charge is -2.07. The minimum Gasteiger partial charge on any atom is -0.346 e. The molecule has 0 fully saturated rings. The number of aromatic amines is 2. The first-order valence-electron chi connectivity index (χ1n) is 13.0. The standard InChI is InChI=1S/C31H22N8O2S/c1-17(40)25-9-10-26(42-25)21-8-5-11-33-29-27(21)36-30(37-29)28-22-13-23(34-16-24(22)38-39-28)19-12-20(15-32-14-19)35-31(41)18-6-3-2-4-7-18/h2-16,33H,1H3,(H,35,41)(H,36,37)(H,38,39). The smallest absolute Gasteiger partial charge is 0.255 e. The number of H-pyrrole nitrogens is 2. The molecule has 0 saturated carbocycles. The summed E-state index contributed by atoms with van der Waals surface area (Å²) in [5.74, 6) is 1.11. The van der Waals surface area contributed by atoms with Crippen LogP contribution in [-0.2, 0) is 0 Å². The summed E-state index contributed by atoms with van der Waals surface area (Å²) in [5, 5.41) is 14.6. The molecule has 0 bridgehead atoms. The van der Waals surface area contributed by atoms with Gasteiger partial charge in [0.15, 0.2) is 11.6 Å². The number of amides is 1. The van der Waals surface area contributed by atoms with E-state index in [-0.39, 0.29) is 11.7 Å². The van der Waals surface area contributed by atoms with Crippen LogP contribution in [0, 0.1) is 0 Å². The van der Waals surface area contributed by atoms with Crippen molar-refractivity contribution in [1.82, 2.24) is 30.1 Å². The first-order valence-corrected chi connectivity index (χ1v) is 13.9. The van der Waals surface area contributed by atoms with Gasteiger partial charge in [-0.3, -0.25) is 24.7 Å². The van der Waals surface area contributed by atoms with Crippen LogP contribution in [0.1, 0.15) is 37.5 Å². The van der Waals surface area contributed by atoms with Crippen molar-refractivity contribution < 1.29 is 9.59 Å². The second-order valence-electron chi connectivity index (χ2n) is 9.58. The summed E-state index contributed by atoms with van der Waals surface area (Å²) in [6.07, 6.45) is 10.7. The van der Waals surface area contributed by atoms with Crippen molar-refractivity contribution in [2.45, 2.75) is 6.92 Å². The van der Waals surface area contributed by atoms with Crippen LogP contribution in [-0.4, -0.2) is 41.8 Å². The average molecular weight is 571 g/mol. The molecule has 0 spiro atoms. The zero-order valence-electron chi connectivity index (χ0n) is 22.2. The molecule has 4 N–H and O–H groups in total. The Bertz CT molecular complexity index is 2050. The van der Waals surface area contributed by atoms with Crippen molar-refractivity contribution in [2.24, 2.45) is 0 Å². The molecular weight excluding hydrogens is 548 g/mol. The Kier molecular flexibility index (Phi) is 6.25. The van der Waals surface area contributed by atoms with E-state index < -0.39 is 0 Å². The van der Waals surface area contributed by atoms with Crippen molar-refractivity contribution in [2.75, 3.05) is 10.6 Å². The van der Waals surface area contributed by atoms with Crippen molar-refractivity contribution in [3.63, 3.8) is 0 Å². The Hall–Kier alpha value is -5.68. The van der Waals surface area contributed by atoms with Crippen LogP contribution in [0.3, 0.4) is 0 Å². The molecule has 0 atom stereocenters. The van der Waals surface area contributed by atoms with E-state index in [2.05, 4.69) is 35.8 Å². The maximum atomic E-state index is 12.6. The third kappa shape index (κ3) is 4.67. The maximum Gasteiger partial charge on any atom is 0.255 e. The van der Waals surface area contributed by atoms with Gasteiger partial charge in [-0.05, 0) is 55.5 Å². The van der Waals surface area contributed by atoms with Crippen molar-refractivity contribution >= 4 is 51.0 Å². The molecule has 204 valence electrons. The molecule has 1 aliphatic heterocycles. The van der Waals surface area contributed by atoms with Crippen molar-refractivity contribution in [3.05, 3.63) is 113 Å². The number of Topliss-reactive ketones (excluding diaryl/α,β-unsaturated/α-hetero) is 1. The molecule has 0 unspecified atom stereocenters. The number of imidazole rings is 1. The molecule has 7 rings (SSSR count). The predicted molar refractivity (Wildman–Crippen MR) is 163 cm³/mol. The Labute approximate surface area is 243 Å².